The maximum absolute atomic E-state index is 12.9. The number of carbonyl (C=O) groups excluding carboxylic acids is 2. The van der Waals surface area contributed by atoms with E-state index in [2.05, 4.69) is 20.4 Å². The van der Waals surface area contributed by atoms with Crippen molar-refractivity contribution >= 4 is 17.5 Å². The first-order chi connectivity index (χ1) is 14.0. The van der Waals surface area contributed by atoms with Gasteiger partial charge in [-0.05, 0) is 49.9 Å². The molecular weight excluding hydrogens is 371 g/mol. The molecule has 0 radical (unpaired) electrons. The summed E-state index contributed by atoms with van der Waals surface area (Å²) in [7, 11) is 0. The van der Waals surface area contributed by atoms with Gasteiger partial charge < -0.3 is 10.6 Å². The smallest absolute Gasteiger partial charge is 0.238 e. The van der Waals surface area contributed by atoms with Crippen molar-refractivity contribution in [3.63, 3.8) is 0 Å². The molecule has 2 fully saturated rings. The Hall–Kier alpha value is -1.99. The molecule has 1 unspecified atom stereocenters. The van der Waals surface area contributed by atoms with Crippen molar-refractivity contribution in [1.82, 2.24) is 15.1 Å². The van der Waals surface area contributed by atoms with Crippen molar-refractivity contribution in [1.29, 1.82) is 0 Å². The van der Waals surface area contributed by atoms with Crippen LogP contribution >= 0.6 is 0 Å². The van der Waals surface area contributed by atoms with E-state index in [0.29, 0.717) is 18.2 Å². The van der Waals surface area contributed by atoms with Crippen LogP contribution in [0, 0.1) is 11.7 Å². The Morgan fingerprint density at radius 1 is 1.07 bits per heavy atom. The normalized spacial score (nSPS) is 20.2. The van der Waals surface area contributed by atoms with E-state index in [9.17, 15) is 14.0 Å². The third-order valence-electron chi connectivity index (χ3n) is 6.12. The van der Waals surface area contributed by atoms with Crippen molar-refractivity contribution < 1.29 is 14.0 Å². The summed E-state index contributed by atoms with van der Waals surface area (Å²) >= 11 is 0. The van der Waals surface area contributed by atoms with E-state index in [4.69, 9.17) is 0 Å². The third-order valence-corrected chi connectivity index (χ3v) is 6.12. The molecule has 2 N–H and O–H groups in total. The molecule has 2 amide bonds. The van der Waals surface area contributed by atoms with Gasteiger partial charge in [-0.15, -0.1) is 0 Å². The number of nitrogens with one attached hydrogen (secondary N) is 2. The molecule has 1 aliphatic carbocycles. The van der Waals surface area contributed by atoms with E-state index >= 15 is 0 Å². The van der Waals surface area contributed by atoms with Crippen LogP contribution in [0.2, 0.25) is 0 Å². The molecule has 0 bridgehead atoms. The molecular formula is C22H33FN4O2. The molecule has 29 heavy (non-hydrogen) atoms. The Morgan fingerprint density at radius 2 is 1.72 bits per heavy atom. The minimum atomic E-state index is -0.323. The number of amides is 2. The topological polar surface area (TPSA) is 64.7 Å². The van der Waals surface area contributed by atoms with Crippen LogP contribution in [0.4, 0.5) is 10.1 Å². The minimum Gasteiger partial charge on any atom is -0.354 e. The second kappa shape index (κ2) is 10.7. The van der Waals surface area contributed by atoms with E-state index in [1.807, 2.05) is 6.92 Å². The van der Waals surface area contributed by atoms with Crippen LogP contribution in [0.15, 0.2) is 24.3 Å². The quantitative estimate of drug-likeness (QED) is 0.733. The van der Waals surface area contributed by atoms with Crippen LogP contribution in [0.5, 0.6) is 0 Å². The number of anilines is 1. The fourth-order valence-corrected chi connectivity index (χ4v) is 4.20. The van der Waals surface area contributed by atoms with Gasteiger partial charge in [0.25, 0.3) is 0 Å². The lowest BCUT2D eigenvalue weighted by atomic mass is 9.89. The van der Waals surface area contributed by atoms with Crippen molar-refractivity contribution in [3.8, 4) is 0 Å². The van der Waals surface area contributed by atoms with Crippen LogP contribution in [-0.4, -0.2) is 66.9 Å². The maximum atomic E-state index is 12.9. The number of piperazine rings is 1. The molecule has 0 spiro atoms. The van der Waals surface area contributed by atoms with Gasteiger partial charge in [0.15, 0.2) is 0 Å². The van der Waals surface area contributed by atoms with Gasteiger partial charge in [0.2, 0.25) is 11.8 Å². The van der Waals surface area contributed by atoms with Gasteiger partial charge in [0.1, 0.15) is 5.82 Å². The summed E-state index contributed by atoms with van der Waals surface area (Å²) in [6.07, 6.45) is 6.35. The van der Waals surface area contributed by atoms with E-state index in [-0.39, 0.29) is 23.7 Å². The number of hydrogen-bond donors (Lipinski definition) is 2. The van der Waals surface area contributed by atoms with Gasteiger partial charge in [-0.1, -0.05) is 19.3 Å². The second-order valence-corrected chi connectivity index (χ2v) is 8.29. The van der Waals surface area contributed by atoms with E-state index in [1.54, 1.807) is 12.1 Å². The summed E-state index contributed by atoms with van der Waals surface area (Å²) in [6.45, 7) is 6.09. The lowest BCUT2D eigenvalue weighted by Crippen LogP contribution is -2.55. The molecule has 160 valence electrons. The first kappa shape index (κ1) is 21.7. The number of benzene rings is 1. The molecule has 1 aromatic carbocycles. The van der Waals surface area contributed by atoms with Crippen LogP contribution in [-0.2, 0) is 9.59 Å². The first-order valence-corrected chi connectivity index (χ1v) is 10.8. The number of halogens is 1. The maximum Gasteiger partial charge on any atom is 0.238 e. The Bertz CT molecular complexity index is 668. The van der Waals surface area contributed by atoms with Crippen LogP contribution in [0.1, 0.15) is 39.0 Å². The van der Waals surface area contributed by atoms with Crippen LogP contribution < -0.4 is 10.6 Å². The highest BCUT2D eigenvalue weighted by atomic mass is 19.1. The van der Waals surface area contributed by atoms with Crippen LogP contribution in [0.25, 0.3) is 0 Å². The van der Waals surface area contributed by atoms with Gasteiger partial charge in [0, 0.05) is 38.4 Å². The predicted octanol–water partition coefficient (Wildman–Crippen LogP) is 2.47. The fourth-order valence-electron chi connectivity index (χ4n) is 4.20. The highest BCUT2D eigenvalue weighted by Gasteiger charge is 2.26. The Morgan fingerprint density at radius 3 is 2.38 bits per heavy atom. The lowest BCUT2D eigenvalue weighted by molar-refractivity contribution is -0.127. The molecule has 1 atom stereocenters. The van der Waals surface area contributed by atoms with E-state index < -0.39 is 0 Å². The average molecular weight is 405 g/mol. The number of hydrogen-bond acceptors (Lipinski definition) is 4. The molecule has 1 aromatic rings. The van der Waals surface area contributed by atoms with E-state index in [1.165, 1.54) is 44.2 Å². The van der Waals surface area contributed by atoms with Gasteiger partial charge in [0.05, 0.1) is 12.6 Å². The number of nitrogens with zero attached hydrogens (tertiary/aromatic N) is 2. The number of rotatable bonds is 7. The minimum absolute atomic E-state index is 0.108. The van der Waals surface area contributed by atoms with Crippen molar-refractivity contribution in [2.24, 2.45) is 5.92 Å². The van der Waals surface area contributed by atoms with Crippen molar-refractivity contribution in [2.45, 2.75) is 45.1 Å². The fraction of sp³-hybridized carbons (Fsp3) is 0.636. The van der Waals surface area contributed by atoms with Gasteiger partial charge in [-0.3, -0.25) is 19.4 Å². The molecule has 3 rings (SSSR count). The highest BCUT2D eigenvalue weighted by molar-refractivity contribution is 5.92. The molecule has 1 saturated carbocycles. The molecule has 0 aromatic heterocycles. The average Bonchev–Trinajstić information content (AvgIpc) is 2.74. The standard InChI is InChI=1S/C22H33FN4O2/c1-17(22(29)24-15-18-5-3-2-4-6-18)27-13-11-26(12-14-27)16-21(28)25-20-9-7-19(23)8-10-20/h7-10,17-18H,2-6,11-16H2,1H3,(H,24,29)(H,25,28). The predicted molar refractivity (Wildman–Crippen MR) is 112 cm³/mol. The molecule has 1 heterocycles. The van der Waals surface area contributed by atoms with Crippen LogP contribution in [0.3, 0.4) is 0 Å². The molecule has 2 aliphatic rings. The summed E-state index contributed by atoms with van der Waals surface area (Å²) in [5.74, 6) is 0.314. The molecule has 1 aliphatic heterocycles. The summed E-state index contributed by atoms with van der Waals surface area (Å²) in [5.41, 5.74) is 0.596. The summed E-state index contributed by atoms with van der Waals surface area (Å²) < 4.78 is 12.9. The zero-order chi connectivity index (χ0) is 20.6. The van der Waals surface area contributed by atoms with Crippen molar-refractivity contribution in [2.75, 3.05) is 44.6 Å². The molecule has 6 nitrogen and oxygen atoms in total. The number of carbonyl (C=O) groups is 2. The van der Waals surface area contributed by atoms with Gasteiger partial charge in [-0.2, -0.15) is 0 Å². The highest BCUT2D eigenvalue weighted by Crippen LogP contribution is 2.22. The monoisotopic (exact) mass is 404 g/mol. The van der Waals surface area contributed by atoms with Crippen molar-refractivity contribution in [3.05, 3.63) is 30.1 Å². The third kappa shape index (κ3) is 6.78. The van der Waals surface area contributed by atoms with Gasteiger partial charge in [-0.25, -0.2) is 4.39 Å². The van der Waals surface area contributed by atoms with Gasteiger partial charge >= 0.3 is 0 Å². The van der Waals surface area contributed by atoms with E-state index in [0.717, 1.165) is 32.7 Å². The molecule has 7 heteroatoms. The lowest BCUT2D eigenvalue weighted by Gasteiger charge is -2.37. The zero-order valence-corrected chi connectivity index (χ0v) is 17.3. The Balaban J connectivity index is 1.35. The first-order valence-electron chi connectivity index (χ1n) is 10.8. The largest absolute Gasteiger partial charge is 0.354 e. The Labute approximate surface area is 172 Å². The summed E-state index contributed by atoms with van der Waals surface area (Å²) in [4.78, 5) is 29.0. The summed E-state index contributed by atoms with van der Waals surface area (Å²) in [6, 6.07) is 5.62. The second-order valence-electron chi connectivity index (χ2n) is 8.29. The Kier molecular flexibility index (Phi) is 8.00. The molecule has 1 saturated heterocycles. The zero-order valence-electron chi connectivity index (χ0n) is 17.3. The SMILES string of the molecule is CC(C(=O)NCC1CCCCC1)N1CCN(CC(=O)Nc2ccc(F)cc2)CC1. The summed E-state index contributed by atoms with van der Waals surface area (Å²) in [5, 5.41) is 5.93.